The number of benzene rings is 1. The van der Waals surface area contributed by atoms with Gasteiger partial charge in [-0.25, -0.2) is 0 Å². The van der Waals surface area contributed by atoms with Crippen LogP contribution in [0, 0.1) is 0 Å². The van der Waals surface area contributed by atoms with Crippen molar-refractivity contribution in [2.24, 2.45) is 0 Å². The zero-order chi connectivity index (χ0) is 14.5. The van der Waals surface area contributed by atoms with Crippen molar-refractivity contribution in [3.05, 3.63) is 43.0 Å². The lowest BCUT2D eigenvalue weighted by atomic mass is 10.2. The van der Waals surface area contributed by atoms with Gasteiger partial charge in [-0.15, -0.1) is 22.9 Å². The molecule has 108 valence electrons. The molecule has 0 saturated heterocycles. The summed E-state index contributed by atoms with van der Waals surface area (Å²) in [5.74, 6) is 1.86. The third-order valence-electron chi connectivity index (χ3n) is 2.56. The molecule has 0 amide bonds. The summed E-state index contributed by atoms with van der Waals surface area (Å²) in [6.07, 6.45) is 0. The van der Waals surface area contributed by atoms with Crippen LogP contribution >= 0.6 is 54.8 Å². The molecule has 0 saturated carbocycles. The van der Waals surface area contributed by atoms with Crippen LogP contribution in [0.1, 0.15) is 17.4 Å². The van der Waals surface area contributed by atoms with Gasteiger partial charge in [0.1, 0.15) is 6.61 Å². The molecule has 1 aromatic heterocycles. The third kappa shape index (κ3) is 3.91. The lowest BCUT2D eigenvalue weighted by molar-refractivity contribution is 0.269. The molecule has 20 heavy (non-hydrogen) atoms. The summed E-state index contributed by atoms with van der Waals surface area (Å²) >= 11 is 14.6. The van der Waals surface area contributed by atoms with Gasteiger partial charge in [0.25, 0.3) is 0 Å². The molecule has 1 heterocycles. The van der Waals surface area contributed by atoms with Crippen LogP contribution in [0.2, 0.25) is 0 Å². The van der Waals surface area contributed by atoms with E-state index in [1.165, 1.54) is 0 Å². The largest absolute Gasteiger partial charge is 0.490 e. The van der Waals surface area contributed by atoms with Crippen LogP contribution in [0.3, 0.4) is 0 Å². The highest BCUT2D eigenvalue weighted by atomic mass is 79.9. The monoisotopic (exact) mass is 438 g/mol. The Morgan fingerprint density at radius 3 is 2.60 bits per heavy atom. The third-order valence-corrected chi connectivity index (χ3v) is 5.36. The summed E-state index contributed by atoms with van der Waals surface area (Å²) < 4.78 is 13.5. The van der Waals surface area contributed by atoms with Gasteiger partial charge in [0.05, 0.1) is 16.0 Å². The van der Waals surface area contributed by atoms with E-state index in [-0.39, 0.29) is 0 Å². The van der Waals surface area contributed by atoms with Gasteiger partial charge in [-0.05, 0) is 67.9 Å². The Bertz CT molecular complexity index is 587. The zero-order valence-electron chi connectivity index (χ0n) is 10.8. The second kappa shape index (κ2) is 7.69. The first-order chi connectivity index (χ1) is 9.65. The second-order valence-corrected chi connectivity index (χ2v) is 6.93. The van der Waals surface area contributed by atoms with Crippen molar-refractivity contribution in [1.29, 1.82) is 0 Å². The minimum absolute atomic E-state index is 0.440. The quantitative estimate of drug-likeness (QED) is 0.514. The van der Waals surface area contributed by atoms with E-state index in [4.69, 9.17) is 21.1 Å². The van der Waals surface area contributed by atoms with E-state index in [9.17, 15) is 0 Å². The van der Waals surface area contributed by atoms with Crippen molar-refractivity contribution < 1.29 is 9.47 Å². The highest BCUT2D eigenvalue weighted by Crippen LogP contribution is 2.38. The van der Waals surface area contributed by atoms with Crippen molar-refractivity contribution >= 4 is 54.8 Å². The number of thiophene rings is 1. The van der Waals surface area contributed by atoms with Crippen LogP contribution in [0.5, 0.6) is 11.5 Å². The average Bonchev–Trinajstić information content (AvgIpc) is 2.83. The fourth-order valence-corrected chi connectivity index (χ4v) is 3.80. The molecule has 0 unspecified atom stereocenters. The van der Waals surface area contributed by atoms with Gasteiger partial charge in [-0.1, -0.05) is 0 Å². The maximum Gasteiger partial charge on any atom is 0.175 e. The number of hydrogen-bond donors (Lipinski definition) is 0. The van der Waals surface area contributed by atoms with Crippen molar-refractivity contribution in [1.82, 2.24) is 0 Å². The number of hydrogen-bond acceptors (Lipinski definition) is 3. The minimum atomic E-state index is 0.440. The van der Waals surface area contributed by atoms with Crippen LogP contribution in [-0.2, 0) is 12.5 Å². The highest BCUT2D eigenvalue weighted by molar-refractivity contribution is 9.10. The molecule has 0 aliphatic rings. The first-order valence-corrected chi connectivity index (χ1v) is 9.01. The summed E-state index contributed by atoms with van der Waals surface area (Å²) in [6, 6.07) is 5.88. The van der Waals surface area contributed by atoms with E-state index in [1.807, 2.05) is 30.5 Å². The van der Waals surface area contributed by atoms with Crippen molar-refractivity contribution in [3.63, 3.8) is 0 Å². The van der Waals surface area contributed by atoms with E-state index >= 15 is 0 Å². The molecule has 6 heteroatoms. The molecule has 2 rings (SSSR count). The normalized spacial score (nSPS) is 10.6. The first kappa shape index (κ1) is 16.1. The van der Waals surface area contributed by atoms with E-state index in [0.29, 0.717) is 30.6 Å². The Balaban J connectivity index is 2.23. The maximum atomic E-state index is 5.91. The molecule has 0 aliphatic heterocycles. The van der Waals surface area contributed by atoms with E-state index < -0.39 is 0 Å². The fraction of sp³-hybridized carbons (Fsp3) is 0.286. The van der Waals surface area contributed by atoms with Crippen LogP contribution in [0.25, 0.3) is 0 Å². The molecule has 1 aromatic carbocycles. The maximum absolute atomic E-state index is 5.91. The zero-order valence-corrected chi connectivity index (χ0v) is 15.5. The van der Waals surface area contributed by atoms with Crippen LogP contribution in [0.4, 0.5) is 0 Å². The van der Waals surface area contributed by atoms with E-state index in [0.717, 1.165) is 19.4 Å². The standard InChI is InChI=1S/C14H13Br2ClO2S/c1-2-18-12-6-9(7-17)5-11(16)14(12)19-8-13-10(15)3-4-20-13/h3-6H,2,7-8H2,1H3. The van der Waals surface area contributed by atoms with Gasteiger partial charge >= 0.3 is 0 Å². The SMILES string of the molecule is CCOc1cc(CCl)cc(Br)c1OCc1sccc1Br. The predicted octanol–water partition coefficient (Wildman–Crippen LogP) is 5.99. The predicted molar refractivity (Wildman–Crippen MR) is 91.2 cm³/mol. The summed E-state index contributed by atoms with van der Waals surface area (Å²) in [6.45, 7) is 3.02. The molecule has 0 atom stereocenters. The summed E-state index contributed by atoms with van der Waals surface area (Å²) in [5.41, 5.74) is 0.992. The van der Waals surface area contributed by atoms with E-state index in [1.54, 1.807) is 11.3 Å². The van der Waals surface area contributed by atoms with E-state index in [2.05, 4.69) is 31.9 Å². The Morgan fingerprint density at radius 1 is 1.20 bits per heavy atom. The van der Waals surface area contributed by atoms with Gasteiger partial charge in [0.15, 0.2) is 11.5 Å². The molecular weight excluding hydrogens is 427 g/mol. The first-order valence-electron chi connectivity index (χ1n) is 6.01. The molecule has 2 aromatic rings. The van der Waals surface area contributed by atoms with Crippen LogP contribution in [0.15, 0.2) is 32.5 Å². The van der Waals surface area contributed by atoms with Crippen LogP contribution < -0.4 is 9.47 Å². The van der Waals surface area contributed by atoms with Gasteiger partial charge in [0, 0.05) is 10.4 Å². The Morgan fingerprint density at radius 2 is 2.00 bits per heavy atom. The number of ether oxygens (including phenoxy) is 2. The Hall–Kier alpha value is -0.230. The lowest BCUT2D eigenvalue weighted by Gasteiger charge is -2.14. The summed E-state index contributed by atoms with van der Waals surface area (Å²) in [4.78, 5) is 1.14. The molecule has 0 bridgehead atoms. The summed E-state index contributed by atoms with van der Waals surface area (Å²) in [7, 11) is 0. The lowest BCUT2D eigenvalue weighted by Crippen LogP contribution is -2.00. The van der Waals surface area contributed by atoms with Crippen LogP contribution in [-0.4, -0.2) is 6.61 Å². The van der Waals surface area contributed by atoms with Gasteiger partial charge < -0.3 is 9.47 Å². The number of rotatable bonds is 6. The molecule has 0 N–H and O–H groups in total. The average molecular weight is 441 g/mol. The van der Waals surface area contributed by atoms with Crippen molar-refractivity contribution in [3.8, 4) is 11.5 Å². The fourth-order valence-electron chi connectivity index (χ4n) is 1.67. The summed E-state index contributed by atoms with van der Waals surface area (Å²) in [5, 5.41) is 2.03. The van der Waals surface area contributed by atoms with Crippen molar-refractivity contribution in [2.75, 3.05) is 6.61 Å². The topological polar surface area (TPSA) is 18.5 Å². The number of halogens is 3. The molecule has 0 spiro atoms. The van der Waals surface area contributed by atoms with Gasteiger partial charge in [-0.2, -0.15) is 0 Å². The smallest absolute Gasteiger partial charge is 0.175 e. The Kier molecular flexibility index (Phi) is 6.20. The number of alkyl halides is 1. The minimum Gasteiger partial charge on any atom is -0.490 e. The highest BCUT2D eigenvalue weighted by Gasteiger charge is 2.13. The van der Waals surface area contributed by atoms with Crippen molar-refractivity contribution in [2.45, 2.75) is 19.4 Å². The molecule has 0 aliphatic carbocycles. The molecule has 2 nitrogen and oxygen atoms in total. The second-order valence-electron chi connectivity index (χ2n) is 3.95. The molecule has 0 radical (unpaired) electrons. The molecular formula is C14H13Br2ClO2S. The molecule has 0 fully saturated rings. The van der Waals surface area contributed by atoms with Gasteiger partial charge in [-0.3, -0.25) is 0 Å². The van der Waals surface area contributed by atoms with Gasteiger partial charge in [0.2, 0.25) is 0 Å². The Labute approximate surface area is 144 Å².